The van der Waals surface area contributed by atoms with Crippen molar-refractivity contribution in [2.75, 3.05) is 19.4 Å². The lowest BCUT2D eigenvalue weighted by Crippen LogP contribution is -2.22. The van der Waals surface area contributed by atoms with Crippen LogP contribution in [0.4, 0.5) is 5.69 Å². The van der Waals surface area contributed by atoms with E-state index in [9.17, 15) is 9.59 Å². The minimum absolute atomic E-state index is 0.136. The SMILES string of the molecule is CN(C)C(=O)c1cccc(NC(=O)c2cn(Cc3ccccc3)nc2-c2ccc(Cl)cc2)c1. The molecule has 0 aliphatic heterocycles. The number of aromatic nitrogens is 2. The summed E-state index contributed by atoms with van der Waals surface area (Å²) in [6.07, 6.45) is 1.74. The van der Waals surface area contributed by atoms with Gasteiger partial charge in [-0.05, 0) is 35.9 Å². The molecule has 0 fully saturated rings. The molecule has 0 unspecified atom stereocenters. The summed E-state index contributed by atoms with van der Waals surface area (Å²) in [7, 11) is 3.38. The van der Waals surface area contributed by atoms with Crippen LogP contribution in [0.15, 0.2) is 85.1 Å². The fraction of sp³-hybridized carbons (Fsp3) is 0.115. The van der Waals surface area contributed by atoms with Gasteiger partial charge in [0.15, 0.2) is 0 Å². The van der Waals surface area contributed by atoms with Gasteiger partial charge in [0.25, 0.3) is 11.8 Å². The van der Waals surface area contributed by atoms with Crippen molar-refractivity contribution in [1.82, 2.24) is 14.7 Å². The summed E-state index contributed by atoms with van der Waals surface area (Å²) in [6.45, 7) is 0.529. The number of hydrogen-bond donors (Lipinski definition) is 1. The summed E-state index contributed by atoms with van der Waals surface area (Å²) in [6, 6.07) is 24.0. The zero-order valence-electron chi connectivity index (χ0n) is 18.3. The molecule has 0 atom stereocenters. The molecule has 7 heteroatoms. The molecule has 2 amide bonds. The van der Waals surface area contributed by atoms with Crippen molar-refractivity contribution in [1.29, 1.82) is 0 Å². The quantitative estimate of drug-likeness (QED) is 0.431. The van der Waals surface area contributed by atoms with Gasteiger partial charge in [0, 0.05) is 42.1 Å². The van der Waals surface area contributed by atoms with Crippen LogP contribution in [0.2, 0.25) is 5.02 Å². The van der Waals surface area contributed by atoms with E-state index in [1.807, 2.05) is 42.5 Å². The molecule has 0 aliphatic rings. The third-order valence-electron chi connectivity index (χ3n) is 5.08. The molecule has 0 saturated carbocycles. The number of halogens is 1. The van der Waals surface area contributed by atoms with E-state index in [1.54, 1.807) is 61.4 Å². The molecule has 0 saturated heterocycles. The van der Waals surface area contributed by atoms with E-state index in [-0.39, 0.29) is 11.8 Å². The molecule has 0 bridgehead atoms. The smallest absolute Gasteiger partial charge is 0.259 e. The lowest BCUT2D eigenvalue weighted by atomic mass is 10.1. The van der Waals surface area contributed by atoms with Crippen molar-refractivity contribution >= 4 is 29.1 Å². The Bertz CT molecular complexity index is 1280. The van der Waals surface area contributed by atoms with Crippen LogP contribution in [0.5, 0.6) is 0 Å². The highest BCUT2D eigenvalue weighted by atomic mass is 35.5. The topological polar surface area (TPSA) is 67.2 Å². The third-order valence-corrected chi connectivity index (χ3v) is 5.34. The van der Waals surface area contributed by atoms with Crippen LogP contribution in [-0.2, 0) is 6.54 Å². The Morgan fingerprint density at radius 2 is 1.70 bits per heavy atom. The molecule has 1 aromatic heterocycles. The third kappa shape index (κ3) is 5.30. The number of benzene rings is 3. The molecular weight excluding hydrogens is 436 g/mol. The number of nitrogens with zero attached hydrogens (tertiary/aromatic N) is 3. The minimum atomic E-state index is -0.311. The Hall–Kier alpha value is -3.90. The van der Waals surface area contributed by atoms with Crippen LogP contribution in [-0.4, -0.2) is 40.6 Å². The van der Waals surface area contributed by atoms with Gasteiger partial charge in [0.2, 0.25) is 0 Å². The average molecular weight is 459 g/mol. The van der Waals surface area contributed by atoms with Crippen molar-refractivity contribution in [3.8, 4) is 11.3 Å². The Balaban J connectivity index is 1.66. The average Bonchev–Trinajstić information content (AvgIpc) is 3.23. The first-order valence-electron chi connectivity index (χ1n) is 10.4. The lowest BCUT2D eigenvalue weighted by molar-refractivity contribution is 0.0827. The molecule has 33 heavy (non-hydrogen) atoms. The van der Waals surface area contributed by atoms with Gasteiger partial charge >= 0.3 is 0 Å². The Labute approximate surface area is 197 Å². The highest BCUT2D eigenvalue weighted by Gasteiger charge is 2.19. The minimum Gasteiger partial charge on any atom is -0.345 e. The van der Waals surface area contributed by atoms with Crippen LogP contribution >= 0.6 is 11.6 Å². The first-order chi connectivity index (χ1) is 15.9. The first-order valence-corrected chi connectivity index (χ1v) is 10.8. The molecule has 0 radical (unpaired) electrons. The second-order valence-corrected chi connectivity index (χ2v) is 8.25. The maximum Gasteiger partial charge on any atom is 0.259 e. The van der Waals surface area contributed by atoms with Gasteiger partial charge in [-0.3, -0.25) is 14.3 Å². The van der Waals surface area contributed by atoms with Crippen LogP contribution in [0.25, 0.3) is 11.3 Å². The van der Waals surface area contributed by atoms with Crippen LogP contribution < -0.4 is 5.32 Å². The van der Waals surface area contributed by atoms with Crippen LogP contribution in [0, 0.1) is 0 Å². The van der Waals surface area contributed by atoms with E-state index in [1.165, 1.54) is 4.90 Å². The summed E-state index contributed by atoms with van der Waals surface area (Å²) in [5, 5.41) is 8.20. The fourth-order valence-electron chi connectivity index (χ4n) is 3.45. The summed E-state index contributed by atoms with van der Waals surface area (Å²) in [5.41, 5.74) is 3.87. The summed E-state index contributed by atoms with van der Waals surface area (Å²) in [4.78, 5) is 27.0. The van der Waals surface area contributed by atoms with Gasteiger partial charge in [0.05, 0.1) is 12.1 Å². The predicted molar refractivity (Wildman–Crippen MR) is 131 cm³/mol. The number of carbonyl (C=O) groups excluding carboxylic acids is 2. The molecule has 1 N–H and O–H groups in total. The second-order valence-electron chi connectivity index (χ2n) is 7.82. The first kappa shape index (κ1) is 22.3. The highest BCUT2D eigenvalue weighted by molar-refractivity contribution is 6.30. The summed E-state index contributed by atoms with van der Waals surface area (Å²) < 4.78 is 1.75. The van der Waals surface area contributed by atoms with Crippen molar-refractivity contribution in [3.05, 3.63) is 107 Å². The van der Waals surface area contributed by atoms with Gasteiger partial charge in [-0.1, -0.05) is 60.1 Å². The number of hydrogen-bond acceptors (Lipinski definition) is 3. The van der Waals surface area contributed by atoms with E-state index in [0.29, 0.717) is 34.1 Å². The second kappa shape index (κ2) is 9.71. The molecule has 1 heterocycles. The number of carbonyl (C=O) groups is 2. The lowest BCUT2D eigenvalue weighted by Gasteiger charge is -2.11. The standard InChI is InChI=1S/C26H23ClN4O2/c1-30(2)26(33)20-9-6-10-22(15-20)28-25(32)23-17-31(16-18-7-4-3-5-8-18)29-24(23)19-11-13-21(27)14-12-19/h3-15,17H,16H2,1-2H3,(H,28,32). The zero-order valence-corrected chi connectivity index (χ0v) is 19.1. The van der Waals surface area contributed by atoms with Gasteiger partial charge < -0.3 is 10.2 Å². The maximum atomic E-state index is 13.3. The van der Waals surface area contributed by atoms with Gasteiger partial charge in [0.1, 0.15) is 5.69 Å². The predicted octanol–water partition coefficient (Wildman–Crippen LogP) is 5.21. The fourth-order valence-corrected chi connectivity index (χ4v) is 3.57. The number of anilines is 1. The highest BCUT2D eigenvalue weighted by Crippen LogP contribution is 2.25. The summed E-state index contributed by atoms with van der Waals surface area (Å²) >= 11 is 6.05. The molecule has 4 rings (SSSR count). The Morgan fingerprint density at radius 1 is 0.970 bits per heavy atom. The van der Waals surface area contributed by atoms with Gasteiger partial charge in [-0.15, -0.1) is 0 Å². The molecule has 3 aromatic carbocycles. The van der Waals surface area contributed by atoms with E-state index < -0.39 is 0 Å². The molecule has 4 aromatic rings. The largest absolute Gasteiger partial charge is 0.345 e. The molecular formula is C26H23ClN4O2. The Kier molecular flexibility index (Phi) is 6.56. The van der Waals surface area contributed by atoms with Crippen molar-refractivity contribution < 1.29 is 9.59 Å². The van der Waals surface area contributed by atoms with E-state index >= 15 is 0 Å². The Morgan fingerprint density at radius 3 is 2.39 bits per heavy atom. The monoisotopic (exact) mass is 458 g/mol. The molecule has 0 spiro atoms. The molecule has 0 aliphatic carbocycles. The number of amides is 2. The number of rotatable bonds is 6. The van der Waals surface area contributed by atoms with Gasteiger partial charge in [-0.25, -0.2) is 0 Å². The van der Waals surface area contributed by atoms with Crippen LogP contribution in [0.1, 0.15) is 26.3 Å². The normalized spacial score (nSPS) is 10.6. The molecule has 166 valence electrons. The van der Waals surface area contributed by atoms with Crippen molar-refractivity contribution in [2.24, 2.45) is 0 Å². The molecule has 6 nitrogen and oxygen atoms in total. The van der Waals surface area contributed by atoms with Gasteiger partial charge in [-0.2, -0.15) is 5.10 Å². The van der Waals surface area contributed by atoms with Crippen LogP contribution in [0.3, 0.4) is 0 Å². The zero-order chi connectivity index (χ0) is 23.4. The van der Waals surface area contributed by atoms with E-state index in [0.717, 1.165) is 11.1 Å². The maximum absolute atomic E-state index is 13.3. The van der Waals surface area contributed by atoms with E-state index in [2.05, 4.69) is 10.4 Å². The van der Waals surface area contributed by atoms with Crippen molar-refractivity contribution in [2.45, 2.75) is 6.54 Å². The number of nitrogens with one attached hydrogen (secondary N) is 1. The van der Waals surface area contributed by atoms with Crippen molar-refractivity contribution in [3.63, 3.8) is 0 Å². The summed E-state index contributed by atoms with van der Waals surface area (Å²) in [5.74, 6) is -0.447. The van der Waals surface area contributed by atoms with E-state index in [4.69, 9.17) is 11.6 Å².